The van der Waals surface area contributed by atoms with Crippen LogP contribution in [0.2, 0.25) is 0 Å². The molecular formula is C16H20F2N2O4. The van der Waals surface area contributed by atoms with Crippen LogP contribution in [0.3, 0.4) is 0 Å². The number of hydrogen-bond donors (Lipinski definition) is 2. The van der Waals surface area contributed by atoms with Gasteiger partial charge in [0.1, 0.15) is 5.75 Å². The zero-order chi connectivity index (χ0) is 17.9. The van der Waals surface area contributed by atoms with Gasteiger partial charge in [-0.2, -0.15) is 8.78 Å². The molecule has 1 unspecified atom stereocenters. The van der Waals surface area contributed by atoms with Crippen molar-refractivity contribution in [1.29, 1.82) is 0 Å². The Hall–Kier alpha value is -2.38. The lowest BCUT2D eigenvalue weighted by molar-refractivity contribution is -0.147. The second-order valence-electron chi connectivity index (χ2n) is 6.19. The van der Waals surface area contributed by atoms with Gasteiger partial charge in [0.2, 0.25) is 0 Å². The third-order valence-electron chi connectivity index (χ3n) is 4.14. The maximum Gasteiger partial charge on any atom is 0.387 e. The number of carbonyl (C=O) groups is 2. The van der Waals surface area contributed by atoms with E-state index in [9.17, 15) is 23.5 Å². The molecule has 2 amide bonds. The van der Waals surface area contributed by atoms with Gasteiger partial charge < -0.3 is 20.1 Å². The highest BCUT2D eigenvalue weighted by molar-refractivity contribution is 5.79. The maximum absolute atomic E-state index is 12.4. The third-order valence-corrected chi connectivity index (χ3v) is 4.14. The van der Waals surface area contributed by atoms with Gasteiger partial charge in [0.15, 0.2) is 0 Å². The van der Waals surface area contributed by atoms with E-state index in [1.54, 1.807) is 26.0 Å². The number of carboxylic acid groups (broad SMARTS) is 1. The summed E-state index contributed by atoms with van der Waals surface area (Å²) in [6.07, 6.45) is 0.375. The number of carbonyl (C=O) groups excluding carboxylic acids is 1. The minimum atomic E-state index is -2.95. The van der Waals surface area contributed by atoms with E-state index in [0.717, 1.165) is 5.56 Å². The summed E-state index contributed by atoms with van der Waals surface area (Å²) in [5.74, 6) is -0.934. The standard InChI is InChI=1S/C16H20F2N2O4/c1-10-3-4-12(24-14(17)18)11(7-10)8-19-15(23)20-6-5-16(2,9-20)13(21)22/h3-4,7,14H,5-6,8-9H2,1-2H3,(H,19,23)(H,21,22). The number of aliphatic carboxylic acids is 1. The molecule has 8 heteroatoms. The van der Waals surface area contributed by atoms with Crippen molar-refractivity contribution in [3.8, 4) is 5.75 Å². The van der Waals surface area contributed by atoms with E-state index in [1.165, 1.54) is 11.0 Å². The number of alkyl halides is 2. The Balaban J connectivity index is 2.00. The molecule has 1 saturated heterocycles. The quantitative estimate of drug-likeness (QED) is 0.862. The Morgan fingerprint density at radius 2 is 2.17 bits per heavy atom. The molecular weight excluding hydrogens is 322 g/mol. The second kappa shape index (κ2) is 7.02. The summed E-state index contributed by atoms with van der Waals surface area (Å²) in [6.45, 7) is 0.916. The topological polar surface area (TPSA) is 78.9 Å². The van der Waals surface area contributed by atoms with Gasteiger partial charge in [-0.25, -0.2) is 4.79 Å². The first kappa shape index (κ1) is 18.0. The number of hydrogen-bond acceptors (Lipinski definition) is 3. The number of benzene rings is 1. The van der Waals surface area contributed by atoms with Crippen LogP contribution < -0.4 is 10.1 Å². The molecule has 6 nitrogen and oxygen atoms in total. The molecule has 0 aliphatic carbocycles. The van der Waals surface area contributed by atoms with Crippen molar-refractivity contribution in [2.24, 2.45) is 5.41 Å². The number of likely N-dealkylation sites (tertiary alicyclic amines) is 1. The zero-order valence-electron chi connectivity index (χ0n) is 13.5. The second-order valence-corrected chi connectivity index (χ2v) is 6.19. The minimum Gasteiger partial charge on any atom is -0.481 e. The number of urea groups is 1. The molecule has 1 aliphatic rings. The van der Waals surface area contributed by atoms with Crippen molar-refractivity contribution in [3.63, 3.8) is 0 Å². The van der Waals surface area contributed by atoms with Crippen molar-refractivity contribution in [2.45, 2.75) is 33.4 Å². The van der Waals surface area contributed by atoms with Gasteiger partial charge in [-0.15, -0.1) is 0 Å². The molecule has 0 saturated carbocycles. The van der Waals surface area contributed by atoms with E-state index in [0.29, 0.717) is 18.5 Å². The number of nitrogens with zero attached hydrogens (tertiary/aromatic N) is 1. The summed E-state index contributed by atoms with van der Waals surface area (Å²) < 4.78 is 29.3. The number of amides is 2. The van der Waals surface area contributed by atoms with Gasteiger partial charge in [-0.3, -0.25) is 4.79 Å². The monoisotopic (exact) mass is 342 g/mol. The summed E-state index contributed by atoms with van der Waals surface area (Å²) in [6, 6.07) is 4.30. The molecule has 1 aliphatic heterocycles. The minimum absolute atomic E-state index is 0.00713. The van der Waals surface area contributed by atoms with E-state index in [-0.39, 0.29) is 18.8 Å². The first-order valence-electron chi connectivity index (χ1n) is 7.52. The molecule has 1 aromatic carbocycles. The Labute approximate surface area is 138 Å². The van der Waals surface area contributed by atoms with E-state index in [2.05, 4.69) is 10.1 Å². The fourth-order valence-corrected chi connectivity index (χ4v) is 2.65. The molecule has 0 bridgehead atoms. The number of aryl methyl sites for hydroxylation is 1. The highest BCUT2D eigenvalue weighted by Gasteiger charge is 2.42. The molecule has 0 aromatic heterocycles. The van der Waals surface area contributed by atoms with Crippen molar-refractivity contribution >= 4 is 12.0 Å². The van der Waals surface area contributed by atoms with Crippen LogP contribution >= 0.6 is 0 Å². The number of ether oxygens (including phenoxy) is 1. The molecule has 1 heterocycles. The average Bonchev–Trinajstić information content (AvgIpc) is 2.91. The van der Waals surface area contributed by atoms with Gasteiger partial charge >= 0.3 is 18.6 Å². The normalized spacial score (nSPS) is 20.3. The highest BCUT2D eigenvalue weighted by Crippen LogP contribution is 2.30. The van der Waals surface area contributed by atoms with Crippen molar-refractivity contribution in [3.05, 3.63) is 29.3 Å². The SMILES string of the molecule is Cc1ccc(OC(F)F)c(CNC(=O)N2CCC(C)(C(=O)O)C2)c1. The fraction of sp³-hybridized carbons (Fsp3) is 0.500. The number of nitrogens with one attached hydrogen (secondary N) is 1. The maximum atomic E-state index is 12.4. The lowest BCUT2D eigenvalue weighted by Gasteiger charge is -2.21. The van der Waals surface area contributed by atoms with Gasteiger partial charge in [0.25, 0.3) is 0 Å². The fourth-order valence-electron chi connectivity index (χ4n) is 2.65. The van der Waals surface area contributed by atoms with Crippen LogP contribution in [-0.4, -0.2) is 41.7 Å². The first-order chi connectivity index (χ1) is 11.2. The molecule has 2 rings (SSSR count). The summed E-state index contributed by atoms with van der Waals surface area (Å²) in [5, 5.41) is 11.8. The van der Waals surface area contributed by atoms with Crippen molar-refractivity contribution < 1.29 is 28.2 Å². The molecule has 132 valence electrons. The van der Waals surface area contributed by atoms with E-state index >= 15 is 0 Å². The number of rotatable bonds is 5. The Kier molecular flexibility index (Phi) is 5.26. The summed E-state index contributed by atoms with van der Waals surface area (Å²) in [5.41, 5.74) is 0.328. The van der Waals surface area contributed by atoms with Crippen molar-refractivity contribution in [1.82, 2.24) is 10.2 Å². The van der Waals surface area contributed by atoms with Crippen LogP contribution in [0.5, 0.6) is 5.75 Å². The smallest absolute Gasteiger partial charge is 0.387 e. The van der Waals surface area contributed by atoms with Crippen LogP contribution in [0.1, 0.15) is 24.5 Å². The van der Waals surface area contributed by atoms with E-state index in [1.807, 2.05) is 0 Å². The van der Waals surface area contributed by atoms with Crippen LogP contribution in [0.15, 0.2) is 18.2 Å². The van der Waals surface area contributed by atoms with Crippen LogP contribution in [0, 0.1) is 12.3 Å². The van der Waals surface area contributed by atoms with Gasteiger partial charge in [-0.05, 0) is 26.3 Å². The van der Waals surface area contributed by atoms with Crippen molar-refractivity contribution in [2.75, 3.05) is 13.1 Å². The average molecular weight is 342 g/mol. The molecule has 0 radical (unpaired) electrons. The molecule has 1 atom stereocenters. The summed E-state index contributed by atoms with van der Waals surface area (Å²) in [4.78, 5) is 24.8. The lowest BCUT2D eigenvalue weighted by atomic mass is 9.90. The molecule has 1 aromatic rings. The first-order valence-corrected chi connectivity index (χ1v) is 7.52. The van der Waals surface area contributed by atoms with Crippen LogP contribution in [0.25, 0.3) is 0 Å². The van der Waals surface area contributed by atoms with Crippen LogP contribution in [-0.2, 0) is 11.3 Å². The molecule has 24 heavy (non-hydrogen) atoms. The highest BCUT2D eigenvalue weighted by atomic mass is 19.3. The largest absolute Gasteiger partial charge is 0.481 e. The predicted octanol–water partition coefficient (Wildman–Crippen LogP) is 2.60. The van der Waals surface area contributed by atoms with Gasteiger partial charge in [0, 0.05) is 25.2 Å². The Morgan fingerprint density at radius 1 is 1.46 bits per heavy atom. The molecule has 0 spiro atoms. The zero-order valence-corrected chi connectivity index (χ0v) is 13.5. The van der Waals surface area contributed by atoms with Gasteiger partial charge in [0.05, 0.1) is 5.41 Å². The van der Waals surface area contributed by atoms with Crippen LogP contribution in [0.4, 0.5) is 13.6 Å². The summed E-state index contributed by atoms with van der Waals surface area (Å²) >= 11 is 0. The van der Waals surface area contributed by atoms with Gasteiger partial charge in [-0.1, -0.05) is 17.7 Å². The number of halogens is 2. The lowest BCUT2D eigenvalue weighted by Crippen LogP contribution is -2.40. The molecule has 1 fully saturated rings. The molecule has 2 N–H and O–H groups in total. The Bertz CT molecular complexity index is 639. The van der Waals surface area contributed by atoms with E-state index < -0.39 is 24.0 Å². The van der Waals surface area contributed by atoms with E-state index in [4.69, 9.17) is 0 Å². The Morgan fingerprint density at radius 3 is 2.75 bits per heavy atom. The number of carboxylic acids is 1. The summed E-state index contributed by atoms with van der Waals surface area (Å²) in [7, 11) is 0. The predicted molar refractivity (Wildman–Crippen MR) is 82.0 cm³/mol. The third kappa shape index (κ3) is 4.12.